The minimum Gasteiger partial charge on any atom is -0.497 e. The van der Waals surface area contributed by atoms with Crippen molar-refractivity contribution in [2.45, 2.75) is 0 Å². The van der Waals surface area contributed by atoms with Crippen molar-refractivity contribution in [2.24, 2.45) is 0 Å². The molecule has 0 unspecified atom stereocenters. The van der Waals surface area contributed by atoms with Crippen LogP contribution < -0.4 is 9.47 Å². The second-order valence-electron chi connectivity index (χ2n) is 4.76. The molecule has 0 amide bonds. The lowest BCUT2D eigenvalue weighted by Gasteiger charge is -2.11. The van der Waals surface area contributed by atoms with Gasteiger partial charge in [0.05, 0.1) is 31.5 Å². The molecule has 0 aliphatic carbocycles. The van der Waals surface area contributed by atoms with Crippen molar-refractivity contribution in [3.05, 3.63) is 47.2 Å². The molecular weight excluding hydrogens is 314 g/mol. The normalized spacial score (nSPS) is 10.3. The van der Waals surface area contributed by atoms with E-state index in [1.165, 1.54) is 6.20 Å². The van der Waals surface area contributed by atoms with Gasteiger partial charge in [0.15, 0.2) is 0 Å². The third kappa shape index (κ3) is 2.77. The average molecular weight is 326 g/mol. The molecule has 0 saturated carbocycles. The number of hydrogen-bond donors (Lipinski definition) is 0. The smallest absolute Gasteiger partial charge is 0.148 e. The fraction of sp³-hybridized carbons (Fsp3) is 0.118. The summed E-state index contributed by atoms with van der Waals surface area (Å²) in [6.45, 7) is 0. The van der Waals surface area contributed by atoms with Gasteiger partial charge in [0.2, 0.25) is 0 Å². The Bertz CT molecular complexity index is 913. The lowest BCUT2D eigenvalue weighted by molar-refractivity contribution is 0.394. The molecule has 0 radical (unpaired) electrons. The molecule has 0 N–H and O–H groups in total. The quantitative estimate of drug-likeness (QED) is 0.732. The zero-order valence-corrected chi connectivity index (χ0v) is 13.3. The first-order valence-electron chi connectivity index (χ1n) is 6.75. The molecule has 1 heterocycles. The Morgan fingerprint density at radius 2 is 1.74 bits per heavy atom. The van der Waals surface area contributed by atoms with Gasteiger partial charge in [0.1, 0.15) is 28.2 Å². The fourth-order valence-electron chi connectivity index (χ4n) is 2.36. The number of nitriles is 1. The molecule has 6 heteroatoms. The Hall–Kier alpha value is -2.84. The van der Waals surface area contributed by atoms with Gasteiger partial charge in [0, 0.05) is 11.6 Å². The highest BCUT2D eigenvalue weighted by Gasteiger charge is 2.13. The van der Waals surface area contributed by atoms with E-state index in [9.17, 15) is 5.26 Å². The van der Waals surface area contributed by atoms with Gasteiger partial charge in [-0.3, -0.25) is 0 Å². The van der Waals surface area contributed by atoms with Crippen LogP contribution in [0.4, 0.5) is 0 Å². The van der Waals surface area contributed by atoms with Crippen LogP contribution in [0, 0.1) is 11.3 Å². The number of benzene rings is 2. The van der Waals surface area contributed by atoms with Crippen molar-refractivity contribution in [1.29, 1.82) is 5.26 Å². The summed E-state index contributed by atoms with van der Waals surface area (Å²) >= 11 is 5.98. The van der Waals surface area contributed by atoms with Crippen LogP contribution in [0.2, 0.25) is 5.15 Å². The number of ether oxygens (including phenoxy) is 2. The highest BCUT2D eigenvalue weighted by molar-refractivity contribution is 6.29. The Kier molecular flexibility index (Phi) is 4.00. The average Bonchev–Trinajstić information content (AvgIpc) is 2.59. The Morgan fingerprint density at radius 3 is 2.35 bits per heavy atom. The van der Waals surface area contributed by atoms with E-state index in [1.54, 1.807) is 26.4 Å². The number of aromatic nitrogens is 2. The summed E-state index contributed by atoms with van der Waals surface area (Å²) in [6, 6.07) is 11.2. The van der Waals surface area contributed by atoms with E-state index in [0.29, 0.717) is 28.1 Å². The van der Waals surface area contributed by atoms with Gasteiger partial charge >= 0.3 is 0 Å². The highest BCUT2D eigenvalue weighted by atomic mass is 35.5. The van der Waals surface area contributed by atoms with Gasteiger partial charge in [-0.2, -0.15) is 5.26 Å². The maximum Gasteiger partial charge on any atom is 0.148 e. The van der Waals surface area contributed by atoms with Crippen molar-refractivity contribution in [1.82, 2.24) is 9.97 Å². The Morgan fingerprint density at radius 1 is 1.04 bits per heavy atom. The standard InChI is InChI=1S/C17H12ClN3O2/c1-22-12-5-11(6-13(7-12)23-2)14-4-3-10(8-19)16-17(14)21-15(18)9-20-16/h3-7,9H,1-2H3. The summed E-state index contributed by atoms with van der Waals surface area (Å²) in [5.41, 5.74) is 3.16. The first kappa shape index (κ1) is 15.1. The monoisotopic (exact) mass is 325 g/mol. The lowest BCUT2D eigenvalue weighted by Crippen LogP contribution is -1.93. The van der Waals surface area contributed by atoms with E-state index in [4.69, 9.17) is 21.1 Å². The van der Waals surface area contributed by atoms with Gasteiger partial charge in [-0.05, 0) is 23.8 Å². The van der Waals surface area contributed by atoms with E-state index in [2.05, 4.69) is 16.0 Å². The van der Waals surface area contributed by atoms with Crippen molar-refractivity contribution in [3.8, 4) is 28.7 Å². The molecule has 0 bridgehead atoms. The molecule has 2 aromatic carbocycles. The fourth-order valence-corrected chi connectivity index (χ4v) is 2.50. The lowest BCUT2D eigenvalue weighted by atomic mass is 10.0. The second-order valence-corrected chi connectivity index (χ2v) is 5.15. The maximum atomic E-state index is 9.24. The van der Waals surface area contributed by atoms with Crippen LogP contribution in [0.3, 0.4) is 0 Å². The summed E-state index contributed by atoms with van der Waals surface area (Å²) in [6.07, 6.45) is 1.43. The first-order chi connectivity index (χ1) is 11.2. The number of nitrogens with zero attached hydrogens (tertiary/aromatic N) is 3. The van der Waals surface area contributed by atoms with Gasteiger partial charge in [0.25, 0.3) is 0 Å². The number of fused-ring (bicyclic) bond motifs is 1. The van der Waals surface area contributed by atoms with E-state index in [-0.39, 0.29) is 5.15 Å². The molecule has 114 valence electrons. The van der Waals surface area contributed by atoms with Gasteiger partial charge < -0.3 is 9.47 Å². The summed E-state index contributed by atoms with van der Waals surface area (Å²) in [4.78, 5) is 8.59. The van der Waals surface area contributed by atoms with Crippen molar-refractivity contribution in [2.75, 3.05) is 14.2 Å². The maximum absolute atomic E-state index is 9.24. The van der Waals surface area contributed by atoms with Crippen LogP contribution in [0.25, 0.3) is 22.2 Å². The largest absolute Gasteiger partial charge is 0.497 e. The highest BCUT2D eigenvalue weighted by Crippen LogP contribution is 2.34. The predicted molar refractivity (Wildman–Crippen MR) is 87.8 cm³/mol. The third-order valence-electron chi connectivity index (χ3n) is 3.45. The van der Waals surface area contributed by atoms with Gasteiger partial charge in [-0.25, -0.2) is 9.97 Å². The molecule has 0 spiro atoms. The van der Waals surface area contributed by atoms with Crippen molar-refractivity contribution < 1.29 is 9.47 Å². The van der Waals surface area contributed by atoms with Crippen LogP contribution in [-0.2, 0) is 0 Å². The predicted octanol–water partition coefficient (Wildman–Crippen LogP) is 3.84. The van der Waals surface area contributed by atoms with Crippen LogP contribution in [0.5, 0.6) is 11.5 Å². The Labute approximate surface area is 138 Å². The summed E-state index contributed by atoms with van der Waals surface area (Å²) in [7, 11) is 3.18. The molecule has 3 aromatic rings. The molecule has 0 atom stereocenters. The van der Waals surface area contributed by atoms with E-state index >= 15 is 0 Å². The van der Waals surface area contributed by atoms with Crippen LogP contribution >= 0.6 is 11.6 Å². The van der Waals surface area contributed by atoms with Crippen molar-refractivity contribution >= 4 is 22.6 Å². The number of hydrogen-bond acceptors (Lipinski definition) is 5. The van der Waals surface area contributed by atoms with Crippen LogP contribution in [-0.4, -0.2) is 24.2 Å². The van der Waals surface area contributed by atoms with E-state index < -0.39 is 0 Å². The van der Waals surface area contributed by atoms with Gasteiger partial charge in [-0.15, -0.1) is 0 Å². The molecule has 0 aliphatic rings. The third-order valence-corrected chi connectivity index (χ3v) is 3.64. The number of halogens is 1. The number of rotatable bonds is 3. The van der Waals surface area contributed by atoms with Gasteiger partial charge in [-0.1, -0.05) is 17.7 Å². The van der Waals surface area contributed by atoms with Crippen LogP contribution in [0.1, 0.15) is 5.56 Å². The molecule has 23 heavy (non-hydrogen) atoms. The number of methoxy groups -OCH3 is 2. The topological polar surface area (TPSA) is 68.0 Å². The van der Waals surface area contributed by atoms with E-state index in [1.807, 2.05) is 18.2 Å². The van der Waals surface area contributed by atoms with Crippen LogP contribution in [0.15, 0.2) is 36.5 Å². The van der Waals surface area contributed by atoms with E-state index in [0.717, 1.165) is 11.1 Å². The summed E-state index contributed by atoms with van der Waals surface area (Å²) < 4.78 is 10.6. The first-order valence-corrected chi connectivity index (χ1v) is 7.13. The molecule has 0 fully saturated rings. The zero-order chi connectivity index (χ0) is 16.4. The molecule has 1 aromatic heterocycles. The molecule has 3 rings (SSSR count). The SMILES string of the molecule is COc1cc(OC)cc(-c2ccc(C#N)c3ncc(Cl)nc23)c1. The van der Waals surface area contributed by atoms with Crippen molar-refractivity contribution in [3.63, 3.8) is 0 Å². The summed E-state index contributed by atoms with van der Waals surface area (Å²) in [5.74, 6) is 1.32. The minimum atomic E-state index is 0.267. The molecule has 0 saturated heterocycles. The second kappa shape index (κ2) is 6.11. The molecule has 5 nitrogen and oxygen atoms in total. The molecular formula is C17H12ClN3O2. The summed E-state index contributed by atoms with van der Waals surface area (Å²) in [5, 5.41) is 9.51. The zero-order valence-electron chi connectivity index (χ0n) is 12.5. The minimum absolute atomic E-state index is 0.267. The molecule has 0 aliphatic heterocycles. The Balaban J connectivity index is 2.33.